The Kier molecular flexibility index (Phi) is 7.38. The maximum Gasteiger partial charge on any atom is 0.414 e. The molecule has 1 aromatic rings. The van der Waals surface area contributed by atoms with Crippen LogP contribution >= 0.6 is 0 Å². The second-order valence-electron chi connectivity index (χ2n) is 10.7. The summed E-state index contributed by atoms with van der Waals surface area (Å²) in [5.41, 5.74) is 2.26. The molecule has 1 fully saturated rings. The first-order valence-electron chi connectivity index (χ1n) is 11.8. The van der Waals surface area contributed by atoms with Gasteiger partial charge in [0.25, 0.3) is 0 Å². The number of hydrogen-bond donors (Lipinski definition) is 1. The number of rotatable bonds is 5. The normalized spacial score (nSPS) is 18.6. The predicted molar refractivity (Wildman–Crippen MR) is 126 cm³/mol. The molecule has 0 aliphatic carbocycles. The molecule has 1 atom stereocenters. The van der Waals surface area contributed by atoms with E-state index in [4.69, 9.17) is 9.47 Å². The molecule has 2 aliphatic rings. The smallest absolute Gasteiger partial charge is 0.414 e. The zero-order valence-electron chi connectivity index (χ0n) is 20.5. The molecule has 32 heavy (non-hydrogen) atoms. The number of carbonyl (C=O) groups excluding carboxylic acids is 2. The lowest BCUT2D eigenvalue weighted by atomic mass is 10.1. The van der Waals surface area contributed by atoms with E-state index in [2.05, 4.69) is 23.5 Å². The van der Waals surface area contributed by atoms with Crippen molar-refractivity contribution in [2.24, 2.45) is 0 Å². The summed E-state index contributed by atoms with van der Waals surface area (Å²) in [5.74, 6) is 0. The van der Waals surface area contributed by atoms with E-state index in [1.807, 2.05) is 46.4 Å². The van der Waals surface area contributed by atoms with Crippen molar-refractivity contribution < 1.29 is 19.1 Å². The van der Waals surface area contributed by atoms with Crippen molar-refractivity contribution >= 4 is 17.9 Å². The van der Waals surface area contributed by atoms with Crippen LogP contribution in [0.4, 0.5) is 15.3 Å². The van der Waals surface area contributed by atoms with E-state index < -0.39 is 11.2 Å². The number of para-hydroxylation sites is 1. The summed E-state index contributed by atoms with van der Waals surface area (Å²) in [7, 11) is 0. The molecule has 1 aromatic carbocycles. The van der Waals surface area contributed by atoms with E-state index in [1.54, 1.807) is 4.90 Å². The lowest BCUT2D eigenvalue weighted by Crippen LogP contribution is -2.40. The zero-order valence-corrected chi connectivity index (χ0v) is 20.5. The number of amides is 2. The number of benzene rings is 1. The van der Waals surface area contributed by atoms with Crippen LogP contribution in [0.5, 0.6) is 0 Å². The first-order valence-corrected chi connectivity index (χ1v) is 11.8. The molecule has 0 aromatic heterocycles. The number of anilines is 1. The van der Waals surface area contributed by atoms with Gasteiger partial charge in [0.15, 0.2) is 0 Å². The van der Waals surface area contributed by atoms with Gasteiger partial charge in [0, 0.05) is 25.7 Å². The second-order valence-corrected chi connectivity index (χ2v) is 10.7. The molecule has 2 heterocycles. The number of carbonyl (C=O) groups is 2. The van der Waals surface area contributed by atoms with Gasteiger partial charge >= 0.3 is 12.2 Å². The van der Waals surface area contributed by atoms with Crippen LogP contribution in [0.3, 0.4) is 0 Å². The molecular weight excluding hydrogens is 406 g/mol. The second kappa shape index (κ2) is 9.69. The predicted octanol–water partition coefficient (Wildman–Crippen LogP) is 4.86. The van der Waals surface area contributed by atoms with Crippen molar-refractivity contribution in [1.29, 1.82) is 0 Å². The monoisotopic (exact) mass is 445 g/mol. The molecule has 1 saturated heterocycles. The minimum Gasteiger partial charge on any atom is -0.444 e. The molecule has 0 bridgehead atoms. The van der Waals surface area contributed by atoms with Crippen molar-refractivity contribution in [3.63, 3.8) is 0 Å². The van der Waals surface area contributed by atoms with Gasteiger partial charge in [0.05, 0.1) is 5.69 Å². The topological polar surface area (TPSA) is 71.1 Å². The highest BCUT2D eigenvalue weighted by atomic mass is 16.6. The molecule has 2 amide bonds. The Hall–Kier alpha value is -2.28. The van der Waals surface area contributed by atoms with Gasteiger partial charge in [-0.15, -0.1) is 0 Å². The average molecular weight is 446 g/mol. The van der Waals surface area contributed by atoms with Gasteiger partial charge in [0.1, 0.15) is 11.2 Å². The lowest BCUT2D eigenvalue weighted by Gasteiger charge is -2.28. The number of nitrogens with one attached hydrogen (secondary N) is 1. The quantitative estimate of drug-likeness (QED) is 0.655. The Labute approximate surface area is 192 Å². The van der Waals surface area contributed by atoms with Gasteiger partial charge in [-0.05, 0) is 84.9 Å². The van der Waals surface area contributed by atoms with E-state index >= 15 is 0 Å². The molecule has 0 spiro atoms. The maximum atomic E-state index is 12.7. The van der Waals surface area contributed by atoms with Crippen molar-refractivity contribution in [1.82, 2.24) is 10.2 Å². The van der Waals surface area contributed by atoms with Crippen molar-refractivity contribution in [2.75, 3.05) is 24.5 Å². The fourth-order valence-electron chi connectivity index (χ4n) is 4.37. The van der Waals surface area contributed by atoms with Gasteiger partial charge in [-0.25, -0.2) is 9.59 Å². The van der Waals surface area contributed by atoms with Crippen LogP contribution in [0, 0.1) is 0 Å². The van der Waals surface area contributed by atoms with Crippen LogP contribution in [0.1, 0.15) is 71.9 Å². The molecule has 7 nitrogen and oxygen atoms in total. The largest absolute Gasteiger partial charge is 0.444 e. The lowest BCUT2D eigenvalue weighted by molar-refractivity contribution is 0.0220. The highest BCUT2D eigenvalue weighted by Crippen LogP contribution is 2.33. The van der Waals surface area contributed by atoms with Crippen LogP contribution in [0.25, 0.3) is 0 Å². The van der Waals surface area contributed by atoms with Crippen molar-refractivity contribution in [3.05, 3.63) is 29.3 Å². The summed E-state index contributed by atoms with van der Waals surface area (Å²) < 4.78 is 11.2. The molecule has 2 aliphatic heterocycles. The molecule has 7 heteroatoms. The van der Waals surface area contributed by atoms with E-state index in [1.165, 1.54) is 5.56 Å². The standard InChI is InChI=1S/C25H39N3O4/c1-24(2,3)31-22(29)27-15-8-11-20(27)12-14-26-17-19-10-7-9-18-13-16-28(21(18)19)23(30)32-25(4,5)6/h7,9-10,20,26H,8,11-17H2,1-6H3. The van der Waals surface area contributed by atoms with E-state index in [0.717, 1.165) is 50.0 Å². The van der Waals surface area contributed by atoms with Crippen molar-refractivity contribution in [3.8, 4) is 0 Å². The molecular formula is C25H39N3O4. The van der Waals surface area contributed by atoms with Crippen LogP contribution in [0.15, 0.2) is 18.2 Å². The fraction of sp³-hybridized carbons (Fsp3) is 0.680. The third kappa shape index (κ3) is 6.37. The minimum atomic E-state index is -0.520. The van der Waals surface area contributed by atoms with Gasteiger partial charge in [-0.3, -0.25) is 4.90 Å². The Morgan fingerprint density at radius 3 is 2.41 bits per heavy atom. The molecule has 1 unspecified atom stereocenters. The number of nitrogens with zero attached hydrogens (tertiary/aromatic N) is 2. The summed E-state index contributed by atoms with van der Waals surface area (Å²) >= 11 is 0. The van der Waals surface area contributed by atoms with Gasteiger partial charge in [-0.1, -0.05) is 18.2 Å². The Balaban J connectivity index is 1.56. The number of ether oxygens (including phenoxy) is 2. The summed E-state index contributed by atoms with van der Waals surface area (Å²) in [5, 5.41) is 3.52. The Bertz CT molecular complexity index is 825. The highest BCUT2D eigenvalue weighted by molar-refractivity contribution is 5.91. The van der Waals surface area contributed by atoms with Crippen LogP contribution in [-0.4, -0.2) is 54.0 Å². The number of hydrogen-bond acceptors (Lipinski definition) is 5. The molecule has 3 rings (SSSR count). The number of fused-ring (bicyclic) bond motifs is 1. The third-order valence-corrected chi connectivity index (χ3v) is 5.67. The summed E-state index contributed by atoms with van der Waals surface area (Å²) in [6.07, 6.45) is 3.24. The third-order valence-electron chi connectivity index (χ3n) is 5.67. The molecule has 0 radical (unpaired) electrons. The Morgan fingerprint density at radius 1 is 1.03 bits per heavy atom. The highest BCUT2D eigenvalue weighted by Gasteiger charge is 2.32. The summed E-state index contributed by atoms with van der Waals surface area (Å²) in [6, 6.07) is 6.41. The molecule has 178 valence electrons. The molecule has 0 saturated carbocycles. The summed E-state index contributed by atoms with van der Waals surface area (Å²) in [6.45, 7) is 14.2. The van der Waals surface area contributed by atoms with Crippen molar-refractivity contribution in [2.45, 2.75) is 91.0 Å². The van der Waals surface area contributed by atoms with Crippen LogP contribution in [-0.2, 0) is 22.4 Å². The van der Waals surface area contributed by atoms with Gasteiger partial charge < -0.3 is 19.7 Å². The van der Waals surface area contributed by atoms with Crippen LogP contribution < -0.4 is 10.2 Å². The van der Waals surface area contributed by atoms with E-state index in [0.29, 0.717) is 13.1 Å². The number of likely N-dealkylation sites (tertiary alicyclic amines) is 1. The summed E-state index contributed by atoms with van der Waals surface area (Å²) in [4.78, 5) is 28.8. The fourth-order valence-corrected chi connectivity index (χ4v) is 4.37. The van der Waals surface area contributed by atoms with E-state index in [-0.39, 0.29) is 18.2 Å². The van der Waals surface area contributed by atoms with Crippen LogP contribution in [0.2, 0.25) is 0 Å². The van der Waals surface area contributed by atoms with Gasteiger partial charge in [-0.2, -0.15) is 0 Å². The SMILES string of the molecule is CC(C)(C)OC(=O)N1CCc2cccc(CNCCC3CCCN3C(=O)OC(C)(C)C)c21. The molecule has 1 N–H and O–H groups in total. The van der Waals surface area contributed by atoms with E-state index in [9.17, 15) is 9.59 Å². The van der Waals surface area contributed by atoms with Gasteiger partial charge in [0.2, 0.25) is 0 Å². The minimum absolute atomic E-state index is 0.206. The maximum absolute atomic E-state index is 12.7. The zero-order chi connectivity index (χ0) is 23.5. The first-order chi connectivity index (χ1) is 14.9. The first kappa shape index (κ1) is 24.4. The Morgan fingerprint density at radius 2 is 1.72 bits per heavy atom. The average Bonchev–Trinajstić information content (AvgIpc) is 3.29.